The molecule has 0 fully saturated rings. The summed E-state index contributed by atoms with van der Waals surface area (Å²) in [7, 11) is 1.79. The average molecular weight is 182 g/mol. The smallest absolute Gasteiger partial charge is 0.320 e. The molecule has 2 heterocycles. The quantitative estimate of drug-likeness (QED) is 0.576. The third-order valence-corrected chi connectivity index (χ3v) is 1.91. The number of aromatic amines is 2. The number of rotatable bonds is 0. The minimum absolute atomic E-state index is 0.309. The Morgan fingerprint density at radius 3 is 3.08 bits per heavy atom. The Bertz CT molecular complexity index is 534. The second kappa shape index (κ2) is 2.28. The van der Waals surface area contributed by atoms with Gasteiger partial charge in [0.05, 0.1) is 6.33 Å². The van der Waals surface area contributed by atoms with Crippen LogP contribution >= 0.6 is 12.2 Å². The SMILES string of the molecule is Cn1cnc2c(=S)[nH]c(=O)[nH]c21. The number of H-pyrrole nitrogens is 2. The second-order valence-corrected chi connectivity index (χ2v) is 2.87. The van der Waals surface area contributed by atoms with E-state index in [9.17, 15) is 4.79 Å². The van der Waals surface area contributed by atoms with Gasteiger partial charge in [-0.05, 0) is 0 Å². The number of fused-ring (bicyclic) bond motifs is 1. The third-order valence-electron chi connectivity index (χ3n) is 1.61. The highest BCUT2D eigenvalue weighted by atomic mass is 32.1. The van der Waals surface area contributed by atoms with Crippen LogP contribution in [0.25, 0.3) is 11.2 Å². The monoisotopic (exact) mass is 182 g/mol. The summed E-state index contributed by atoms with van der Waals surface area (Å²) in [6.45, 7) is 0. The molecule has 0 radical (unpaired) electrons. The van der Waals surface area contributed by atoms with Gasteiger partial charge in [0, 0.05) is 7.05 Å². The minimum atomic E-state index is -0.309. The number of nitrogens with one attached hydrogen (secondary N) is 2. The van der Waals surface area contributed by atoms with Crippen LogP contribution in [0.5, 0.6) is 0 Å². The molecule has 0 aliphatic carbocycles. The van der Waals surface area contributed by atoms with E-state index in [0.717, 1.165) is 0 Å². The molecule has 0 aliphatic rings. The van der Waals surface area contributed by atoms with Crippen LogP contribution in [0, 0.1) is 4.64 Å². The Hall–Kier alpha value is -1.43. The first kappa shape index (κ1) is 7.23. The first-order chi connectivity index (χ1) is 5.68. The Kier molecular flexibility index (Phi) is 1.37. The van der Waals surface area contributed by atoms with Gasteiger partial charge >= 0.3 is 5.69 Å². The Morgan fingerprint density at radius 2 is 2.33 bits per heavy atom. The standard InChI is InChI=1S/C6H6N4OS/c1-10-2-7-3-4(10)8-6(11)9-5(3)12/h2H,1H3,(H2,8,9,11,12). The summed E-state index contributed by atoms with van der Waals surface area (Å²) in [6, 6.07) is 0. The maximum absolute atomic E-state index is 10.9. The maximum Gasteiger partial charge on any atom is 0.325 e. The molecule has 62 valence electrons. The van der Waals surface area contributed by atoms with E-state index in [2.05, 4.69) is 15.0 Å². The van der Waals surface area contributed by atoms with Gasteiger partial charge in [-0.2, -0.15) is 0 Å². The first-order valence-corrected chi connectivity index (χ1v) is 3.73. The van der Waals surface area contributed by atoms with Gasteiger partial charge in [0.1, 0.15) is 15.8 Å². The fourth-order valence-corrected chi connectivity index (χ4v) is 1.29. The molecule has 5 nitrogen and oxygen atoms in total. The fourth-order valence-electron chi connectivity index (χ4n) is 1.04. The predicted molar refractivity (Wildman–Crippen MR) is 46.5 cm³/mol. The first-order valence-electron chi connectivity index (χ1n) is 3.32. The van der Waals surface area contributed by atoms with E-state index in [1.54, 1.807) is 17.9 Å². The van der Waals surface area contributed by atoms with Crippen molar-refractivity contribution in [1.82, 2.24) is 19.5 Å². The fraction of sp³-hybridized carbons (Fsp3) is 0.167. The molecule has 2 aromatic heterocycles. The van der Waals surface area contributed by atoms with Gasteiger partial charge in [-0.3, -0.25) is 9.97 Å². The van der Waals surface area contributed by atoms with Crippen molar-refractivity contribution in [3.63, 3.8) is 0 Å². The molecule has 12 heavy (non-hydrogen) atoms. The lowest BCUT2D eigenvalue weighted by atomic mass is 10.6. The van der Waals surface area contributed by atoms with Crippen LogP contribution in [0.1, 0.15) is 0 Å². The number of aryl methyl sites for hydroxylation is 1. The van der Waals surface area contributed by atoms with Gasteiger partial charge in [0.2, 0.25) is 0 Å². The van der Waals surface area contributed by atoms with E-state index in [1.165, 1.54) is 0 Å². The molecule has 0 aliphatic heterocycles. The maximum atomic E-state index is 10.9. The number of imidazole rings is 1. The van der Waals surface area contributed by atoms with Gasteiger partial charge in [-0.25, -0.2) is 9.78 Å². The molecule has 0 atom stereocenters. The molecule has 2 aromatic rings. The number of aromatic nitrogens is 4. The normalized spacial score (nSPS) is 10.8. The van der Waals surface area contributed by atoms with Crippen LogP contribution in [-0.4, -0.2) is 19.5 Å². The van der Waals surface area contributed by atoms with Crippen LogP contribution in [0.4, 0.5) is 0 Å². The molecule has 0 aromatic carbocycles. The third kappa shape index (κ3) is 0.884. The second-order valence-electron chi connectivity index (χ2n) is 2.46. The summed E-state index contributed by atoms with van der Waals surface area (Å²) < 4.78 is 2.08. The van der Waals surface area contributed by atoms with Crippen molar-refractivity contribution in [3.8, 4) is 0 Å². The van der Waals surface area contributed by atoms with E-state index < -0.39 is 0 Å². The van der Waals surface area contributed by atoms with Crippen molar-refractivity contribution in [2.45, 2.75) is 0 Å². The molecule has 2 rings (SSSR count). The summed E-state index contributed by atoms with van der Waals surface area (Å²) in [6.07, 6.45) is 1.60. The molecule has 0 saturated carbocycles. The lowest BCUT2D eigenvalue weighted by Gasteiger charge is -1.91. The highest BCUT2D eigenvalue weighted by molar-refractivity contribution is 7.71. The van der Waals surface area contributed by atoms with Crippen LogP contribution in [0.3, 0.4) is 0 Å². The Labute approximate surface area is 72.1 Å². The molecular formula is C6H6N4OS. The molecule has 0 bridgehead atoms. The Balaban J connectivity index is 3.13. The van der Waals surface area contributed by atoms with Crippen molar-refractivity contribution in [2.24, 2.45) is 7.05 Å². The van der Waals surface area contributed by atoms with Gasteiger partial charge in [0.25, 0.3) is 0 Å². The van der Waals surface area contributed by atoms with E-state index in [1.807, 2.05) is 0 Å². The lowest BCUT2D eigenvalue weighted by molar-refractivity contribution is 0.920. The summed E-state index contributed by atoms with van der Waals surface area (Å²) in [5.41, 5.74) is 0.951. The van der Waals surface area contributed by atoms with Crippen molar-refractivity contribution < 1.29 is 0 Å². The lowest BCUT2D eigenvalue weighted by Crippen LogP contribution is -2.10. The number of hydrogen-bond acceptors (Lipinski definition) is 3. The summed E-state index contributed by atoms with van der Waals surface area (Å²) in [5.74, 6) is 0. The van der Waals surface area contributed by atoms with Crippen molar-refractivity contribution >= 4 is 23.4 Å². The zero-order chi connectivity index (χ0) is 8.72. The predicted octanol–water partition coefficient (Wildman–Crippen LogP) is 0.319. The van der Waals surface area contributed by atoms with Gasteiger partial charge in [0.15, 0.2) is 0 Å². The number of hydrogen-bond donors (Lipinski definition) is 2. The van der Waals surface area contributed by atoms with Crippen molar-refractivity contribution in [2.75, 3.05) is 0 Å². The topological polar surface area (TPSA) is 66.5 Å². The van der Waals surface area contributed by atoms with Crippen LogP contribution in [0.15, 0.2) is 11.1 Å². The molecule has 0 saturated heterocycles. The van der Waals surface area contributed by atoms with Gasteiger partial charge in [-0.1, -0.05) is 12.2 Å². The molecule has 6 heteroatoms. The van der Waals surface area contributed by atoms with E-state index in [-0.39, 0.29) is 5.69 Å². The van der Waals surface area contributed by atoms with Crippen molar-refractivity contribution in [3.05, 3.63) is 21.5 Å². The molecule has 0 unspecified atom stereocenters. The summed E-state index contributed by atoms with van der Waals surface area (Å²) in [5, 5.41) is 0. The van der Waals surface area contributed by atoms with Gasteiger partial charge < -0.3 is 4.57 Å². The van der Waals surface area contributed by atoms with E-state index in [4.69, 9.17) is 12.2 Å². The van der Waals surface area contributed by atoms with Gasteiger partial charge in [-0.15, -0.1) is 0 Å². The minimum Gasteiger partial charge on any atom is -0.320 e. The summed E-state index contributed by atoms with van der Waals surface area (Å²) >= 11 is 4.90. The molecular weight excluding hydrogens is 176 g/mol. The zero-order valence-electron chi connectivity index (χ0n) is 6.29. The van der Waals surface area contributed by atoms with Crippen molar-refractivity contribution in [1.29, 1.82) is 0 Å². The van der Waals surface area contributed by atoms with E-state index in [0.29, 0.717) is 15.8 Å². The highest BCUT2D eigenvalue weighted by Gasteiger charge is 2.01. The largest absolute Gasteiger partial charge is 0.325 e. The Morgan fingerprint density at radius 1 is 1.58 bits per heavy atom. The molecule has 2 N–H and O–H groups in total. The van der Waals surface area contributed by atoms with Crippen LogP contribution < -0.4 is 5.69 Å². The zero-order valence-corrected chi connectivity index (χ0v) is 7.10. The van der Waals surface area contributed by atoms with Crippen LogP contribution in [-0.2, 0) is 7.05 Å². The molecule has 0 amide bonds. The number of nitrogens with zero attached hydrogens (tertiary/aromatic N) is 2. The summed E-state index contributed by atoms with van der Waals surface area (Å²) in [4.78, 5) is 20.0. The highest BCUT2D eigenvalue weighted by Crippen LogP contribution is 2.04. The molecule has 0 spiro atoms. The average Bonchev–Trinajstić information content (AvgIpc) is 2.33. The van der Waals surface area contributed by atoms with Crippen LogP contribution in [0.2, 0.25) is 0 Å². The van der Waals surface area contributed by atoms with E-state index >= 15 is 0 Å².